The van der Waals surface area contributed by atoms with Gasteiger partial charge in [0.05, 0.1) is 12.8 Å². The maximum Gasteiger partial charge on any atom is 0.302 e. The van der Waals surface area contributed by atoms with Crippen LogP contribution in [-0.4, -0.2) is 32.4 Å². The molecule has 19 heavy (non-hydrogen) atoms. The van der Waals surface area contributed by atoms with Gasteiger partial charge in [0.2, 0.25) is 0 Å². The zero-order valence-electron chi connectivity index (χ0n) is 10.8. The molecule has 1 aliphatic rings. The SMILES string of the molecule is COc1cc(N)c2c(c1N)OCC(COC(C)=O)O2. The topological polar surface area (TPSA) is 106 Å². The molecule has 0 fully saturated rings. The van der Waals surface area contributed by atoms with Crippen molar-refractivity contribution < 1.29 is 23.7 Å². The molecule has 0 aromatic heterocycles. The molecule has 0 saturated heterocycles. The quantitative estimate of drug-likeness (QED) is 0.609. The van der Waals surface area contributed by atoms with E-state index in [1.807, 2.05) is 0 Å². The van der Waals surface area contributed by atoms with Gasteiger partial charge in [0.15, 0.2) is 17.6 Å². The number of nitrogens with two attached hydrogens (primary N) is 2. The van der Waals surface area contributed by atoms with Crippen molar-refractivity contribution in [3.63, 3.8) is 0 Å². The van der Waals surface area contributed by atoms with Crippen molar-refractivity contribution in [2.45, 2.75) is 13.0 Å². The molecule has 0 bridgehead atoms. The molecule has 1 unspecified atom stereocenters. The Kier molecular flexibility index (Phi) is 3.55. The highest BCUT2D eigenvalue weighted by Gasteiger charge is 2.27. The number of rotatable bonds is 3. The summed E-state index contributed by atoms with van der Waals surface area (Å²) >= 11 is 0. The van der Waals surface area contributed by atoms with Crippen LogP contribution in [0.4, 0.5) is 11.4 Å². The van der Waals surface area contributed by atoms with E-state index in [2.05, 4.69) is 0 Å². The predicted molar refractivity (Wildman–Crippen MR) is 68.4 cm³/mol. The lowest BCUT2D eigenvalue weighted by atomic mass is 10.2. The van der Waals surface area contributed by atoms with E-state index in [0.717, 1.165) is 0 Å². The van der Waals surface area contributed by atoms with Gasteiger partial charge in [-0.2, -0.15) is 0 Å². The van der Waals surface area contributed by atoms with E-state index in [4.69, 9.17) is 30.4 Å². The number of esters is 1. The molecule has 4 N–H and O–H groups in total. The maximum absolute atomic E-state index is 10.8. The van der Waals surface area contributed by atoms with Crippen molar-refractivity contribution in [3.05, 3.63) is 6.07 Å². The van der Waals surface area contributed by atoms with Crippen molar-refractivity contribution in [2.75, 3.05) is 31.8 Å². The third kappa shape index (κ3) is 2.59. The molecule has 1 aliphatic heterocycles. The lowest BCUT2D eigenvalue weighted by molar-refractivity contribution is -0.144. The number of methoxy groups -OCH3 is 1. The fraction of sp³-hybridized carbons (Fsp3) is 0.417. The van der Waals surface area contributed by atoms with Gasteiger partial charge in [-0.15, -0.1) is 0 Å². The Morgan fingerprint density at radius 3 is 2.84 bits per heavy atom. The Balaban J connectivity index is 2.21. The van der Waals surface area contributed by atoms with Gasteiger partial charge in [-0.25, -0.2) is 0 Å². The number of nitrogen functional groups attached to an aromatic ring is 2. The van der Waals surface area contributed by atoms with Gasteiger partial charge in [-0.3, -0.25) is 4.79 Å². The number of carbonyl (C=O) groups is 1. The number of hydrogen-bond donors (Lipinski definition) is 2. The molecule has 1 heterocycles. The summed E-state index contributed by atoms with van der Waals surface area (Å²) in [7, 11) is 1.49. The molecule has 2 rings (SSSR count). The molecule has 0 amide bonds. The van der Waals surface area contributed by atoms with Crippen LogP contribution in [-0.2, 0) is 9.53 Å². The van der Waals surface area contributed by atoms with Gasteiger partial charge in [0.25, 0.3) is 0 Å². The number of fused-ring (bicyclic) bond motifs is 1. The summed E-state index contributed by atoms with van der Waals surface area (Å²) in [4.78, 5) is 10.8. The molecule has 7 nitrogen and oxygen atoms in total. The van der Waals surface area contributed by atoms with Gasteiger partial charge in [0, 0.05) is 13.0 Å². The third-order valence-electron chi connectivity index (χ3n) is 2.66. The smallest absolute Gasteiger partial charge is 0.302 e. The van der Waals surface area contributed by atoms with E-state index < -0.39 is 6.10 Å². The van der Waals surface area contributed by atoms with Crippen LogP contribution in [0.3, 0.4) is 0 Å². The minimum Gasteiger partial charge on any atom is -0.494 e. The van der Waals surface area contributed by atoms with Crippen LogP contribution in [0.5, 0.6) is 17.2 Å². The highest BCUT2D eigenvalue weighted by atomic mass is 16.6. The standard InChI is InChI=1S/C12H16N2O5/c1-6(15)17-4-7-5-18-12-10(14)9(16-2)3-8(13)11(12)19-7/h3,7H,4-5,13-14H2,1-2H3. The normalized spacial score (nSPS) is 16.8. The molecule has 1 atom stereocenters. The first kappa shape index (κ1) is 13.1. The molecule has 1 aromatic rings. The van der Waals surface area contributed by atoms with E-state index >= 15 is 0 Å². The van der Waals surface area contributed by atoms with E-state index in [1.54, 1.807) is 6.07 Å². The van der Waals surface area contributed by atoms with Crippen LogP contribution < -0.4 is 25.7 Å². The second kappa shape index (κ2) is 5.13. The lowest BCUT2D eigenvalue weighted by Crippen LogP contribution is -2.34. The van der Waals surface area contributed by atoms with Gasteiger partial charge in [-0.05, 0) is 0 Å². The lowest BCUT2D eigenvalue weighted by Gasteiger charge is -2.28. The Morgan fingerprint density at radius 2 is 2.21 bits per heavy atom. The largest absolute Gasteiger partial charge is 0.494 e. The number of carbonyl (C=O) groups excluding carboxylic acids is 1. The number of hydrogen-bond acceptors (Lipinski definition) is 7. The molecule has 0 aliphatic carbocycles. The fourth-order valence-corrected chi connectivity index (χ4v) is 1.75. The molecule has 7 heteroatoms. The summed E-state index contributed by atoms with van der Waals surface area (Å²) < 4.78 is 21.1. The highest BCUT2D eigenvalue weighted by Crippen LogP contribution is 2.46. The maximum atomic E-state index is 10.8. The molecular weight excluding hydrogens is 252 g/mol. The first-order chi connectivity index (χ1) is 9.02. The average Bonchev–Trinajstić information content (AvgIpc) is 2.40. The molecule has 0 saturated carbocycles. The predicted octanol–water partition coefficient (Wildman–Crippen LogP) is 0.562. The fourth-order valence-electron chi connectivity index (χ4n) is 1.75. The van der Waals surface area contributed by atoms with Crippen molar-refractivity contribution in [1.82, 2.24) is 0 Å². The average molecular weight is 268 g/mol. The minimum absolute atomic E-state index is 0.0974. The van der Waals surface area contributed by atoms with Crippen molar-refractivity contribution >= 4 is 17.3 Å². The van der Waals surface area contributed by atoms with Crippen LogP contribution >= 0.6 is 0 Å². The molecule has 1 aromatic carbocycles. The zero-order chi connectivity index (χ0) is 14.0. The number of benzene rings is 1. The van der Waals surface area contributed by atoms with Gasteiger partial charge in [0.1, 0.15) is 24.7 Å². The Morgan fingerprint density at radius 1 is 1.47 bits per heavy atom. The molecular formula is C12H16N2O5. The Hall–Kier alpha value is -2.31. The minimum atomic E-state index is -0.411. The van der Waals surface area contributed by atoms with Crippen LogP contribution in [0, 0.1) is 0 Å². The van der Waals surface area contributed by atoms with Crippen molar-refractivity contribution in [1.29, 1.82) is 0 Å². The molecule has 0 spiro atoms. The molecule has 0 radical (unpaired) electrons. The second-order valence-electron chi connectivity index (χ2n) is 4.09. The third-order valence-corrected chi connectivity index (χ3v) is 2.66. The summed E-state index contributed by atoms with van der Waals surface area (Å²) in [6.45, 7) is 1.64. The Bertz CT molecular complexity index is 503. The first-order valence-electron chi connectivity index (χ1n) is 5.71. The van der Waals surface area contributed by atoms with Crippen LogP contribution in [0.25, 0.3) is 0 Å². The number of ether oxygens (including phenoxy) is 4. The molecule has 104 valence electrons. The van der Waals surface area contributed by atoms with Gasteiger partial charge < -0.3 is 30.4 Å². The van der Waals surface area contributed by atoms with E-state index in [9.17, 15) is 4.79 Å². The van der Waals surface area contributed by atoms with Crippen LogP contribution in [0.15, 0.2) is 6.07 Å². The second-order valence-corrected chi connectivity index (χ2v) is 4.09. The van der Waals surface area contributed by atoms with E-state index in [0.29, 0.717) is 28.6 Å². The van der Waals surface area contributed by atoms with Gasteiger partial charge in [-0.1, -0.05) is 0 Å². The zero-order valence-corrected chi connectivity index (χ0v) is 10.8. The summed E-state index contributed by atoms with van der Waals surface area (Å²) in [5, 5.41) is 0. The van der Waals surface area contributed by atoms with Crippen molar-refractivity contribution in [2.24, 2.45) is 0 Å². The summed E-state index contributed by atoms with van der Waals surface area (Å²) in [5.41, 5.74) is 12.4. The summed E-state index contributed by atoms with van der Waals surface area (Å²) in [6.07, 6.45) is -0.411. The summed E-state index contributed by atoms with van der Waals surface area (Å²) in [5.74, 6) is 0.757. The van der Waals surface area contributed by atoms with Crippen LogP contribution in [0.1, 0.15) is 6.92 Å². The van der Waals surface area contributed by atoms with Crippen LogP contribution in [0.2, 0.25) is 0 Å². The van der Waals surface area contributed by atoms with Crippen molar-refractivity contribution in [3.8, 4) is 17.2 Å². The van der Waals surface area contributed by atoms with Gasteiger partial charge >= 0.3 is 5.97 Å². The van der Waals surface area contributed by atoms with E-state index in [-0.39, 0.29) is 19.2 Å². The van der Waals surface area contributed by atoms with E-state index in [1.165, 1.54) is 14.0 Å². The highest BCUT2D eigenvalue weighted by molar-refractivity contribution is 5.77. The summed E-state index contributed by atoms with van der Waals surface area (Å²) in [6, 6.07) is 1.56. The Labute approximate surface area is 110 Å². The first-order valence-corrected chi connectivity index (χ1v) is 5.71. The number of anilines is 2. The monoisotopic (exact) mass is 268 g/mol.